The standard InChI is InChI=1S/C17H17N3O3S/c1-3-14(16(21)19-11-6-8-12(22-2)9-7-11)24-17-20-15-13(23-17)5-4-10-18-15/h4-10,14H,3H2,1-2H3,(H,19,21)/t14-/m1/s1. The Bertz CT molecular complexity index is 799. The number of nitrogens with one attached hydrogen (secondary N) is 1. The van der Waals surface area contributed by atoms with Crippen LogP contribution in [0.2, 0.25) is 0 Å². The SMILES string of the molecule is CC[C@@H](Sc1nc2ncccc2o1)C(=O)Nc1ccc(OC)cc1. The number of amides is 1. The number of carbonyl (C=O) groups excluding carboxylic acids is 1. The number of carbonyl (C=O) groups is 1. The van der Waals surface area contributed by atoms with E-state index in [0.717, 1.165) is 11.4 Å². The number of oxazole rings is 1. The van der Waals surface area contributed by atoms with E-state index in [2.05, 4.69) is 15.3 Å². The summed E-state index contributed by atoms with van der Waals surface area (Å²) in [4.78, 5) is 20.9. The second kappa shape index (κ2) is 7.35. The first-order valence-corrected chi connectivity index (χ1v) is 8.40. The minimum Gasteiger partial charge on any atom is -0.497 e. The smallest absolute Gasteiger partial charge is 0.259 e. The Hall–Kier alpha value is -2.54. The third-order valence-electron chi connectivity index (χ3n) is 3.41. The van der Waals surface area contributed by atoms with Gasteiger partial charge < -0.3 is 14.5 Å². The molecule has 7 heteroatoms. The third-order valence-corrected chi connectivity index (χ3v) is 4.62. The maximum absolute atomic E-state index is 12.5. The summed E-state index contributed by atoms with van der Waals surface area (Å²) in [5.41, 5.74) is 1.88. The van der Waals surface area contributed by atoms with Gasteiger partial charge in [0.2, 0.25) is 5.91 Å². The predicted molar refractivity (Wildman–Crippen MR) is 93.4 cm³/mol. The Labute approximate surface area is 143 Å². The highest BCUT2D eigenvalue weighted by molar-refractivity contribution is 8.00. The Morgan fingerprint density at radius 1 is 1.33 bits per heavy atom. The van der Waals surface area contributed by atoms with Gasteiger partial charge in [-0.15, -0.1) is 0 Å². The Kier molecular flexibility index (Phi) is 5.00. The van der Waals surface area contributed by atoms with Gasteiger partial charge in [0.15, 0.2) is 11.2 Å². The minimum atomic E-state index is -0.305. The number of hydrogen-bond donors (Lipinski definition) is 1. The van der Waals surface area contributed by atoms with E-state index in [4.69, 9.17) is 9.15 Å². The van der Waals surface area contributed by atoms with Crippen molar-refractivity contribution in [2.45, 2.75) is 23.8 Å². The van der Waals surface area contributed by atoms with Crippen molar-refractivity contribution in [3.8, 4) is 5.75 Å². The van der Waals surface area contributed by atoms with Crippen molar-refractivity contribution in [3.05, 3.63) is 42.6 Å². The second-order valence-corrected chi connectivity index (χ2v) is 6.19. The molecule has 6 nitrogen and oxygen atoms in total. The van der Waals surface area contributed by atoms with Gasteiger partial charge in [0.25, 0.3) is 5.22 Å². The molecule has 0 saturated heterocycles. The van der Waals surface area contributed by atoms with Crippen molar-refractivity contribution in [2.75, 3.05) is 12.4 Å². The van der Waals surface area contributed by atoms with Gasteiger partial charge in [-0.2, -0.15) is 4.98 Å². The second-order valence-electron chi connectivity index (χ2n) is 5.04. The minimum absolute atomic E-state index is 0.0946. The number of nitrogens with zero attached hydrogens (tertiary/aromatic N) is 2. The van der Waals surface area contributed by atoms with Crippen LogP contribution in [-0.2, 0) is 4.79 Å². The number of methoxy groups -OCH3 is 1. The molecule has 1 amide bonds. The van der Waals surface area contributed by atoms with Gasteiger partial charge in [0.1, 0.15) is 5.75 Å². The van der Waals surface area contributed by atoms with Crippen LogP contribution in [0, 0.1) is 0 Å². The van der Waals surface area contributed by atoms with Gasteiger partial charge in [0, 0.05) is 11.9 Å². The quantitative estimate of drug-likeness (QED) is 0.687. The summed E-state index contributed by atoms with van der Waals surface area (Å²) in [6.45, 7) is 1.95. The highest BCUT2D eigenvalue weighted by Gasteiger charge is 2.21. The van der Waals surface area contributed by atoms with E-state index in [-0.39, 0.29) is 11.2 Å². The van der Waals surface area contributed by atoms with Crippen LogP contribution >= 0.6 is 11.8 Å². The van der Waals surface area contributed by atoms with Crippen LogP contribution in [0.15, 0.2) is 52.2 Å². The zero-order valence-corrected chi connectivity index (χ0v) is 14.2. The molecule has 1 aromatic carbocycles. The summed E-state index contributed by atoms with van der Waals surface area (Å²) in [7, 11) is 1.60. The van der Waals surface area contributed by atoms with Crippen molar-refractivity contribution in [1.82, 2.24) is 9.97 Å². The molecule has 0 radical (unpaired) electrons. The summed E-state index contributed by atoms with van der Waals surface area (Å²) >= 11 is 1.29. The van der Waals surface area contributed by atoms with Gasteiger partial charge >= 0.3 is 0 Å². The van der Waals surface area contributed by atoms with Crippen LogP contribution < -0.4 is 10.1 Å². The van der Waals surface area contributed by atoms with Gasteiger partial charge in [-0.3, -0.25) is 4.79 Å². The van der Waals surface area contributed by atoms with Crippen LogP contribution in [0.1, 0.15) is 13.3 Å². The van der Waals surface area contributed by atoms with Crippen molar-refractivity contribution in [3.63, 3.8) is 0 Å². The van der Waals surface area contributed by atoms with Crippen molar-refractivity contribution in [2.24, 2.45) is 0 Å². The molecule has 0 saturated carbocycles. The van der Waals surface area contributed by atoms with Crippen LogP contribution in [0.25, 0.3) is 11.2 Å². The third kappa shape index (κ3) is 3.68. The van der Waals surface area contributed by atoms with Crippen molar-refractivity contribution >= 4 is 34.6 Å². The molecule has 0 spiro atoms. The molecule has 0 aliphatic carbocycles. The fourth-order valence-electron chi connectivity index (χ4n) is 2.14. The Morgan fingerprint density at radius 2 is 2.12 bits per heavy atom. The van der Waals surface area contributed by atoms with Crippen molar-refractivity contribution in [1.29, 1.82) is 0 Å². The lowest BCUT2D eigenvalue weighted by molar-refractivity contribution is -0.115. The summed E-state index contributed by atoms with van der Waals surface area (Å²) in [6.07, 6.45) is 2.31. The van der Waals surface area contributed by atoms with Crippen LogP contribution in [0.3, 0.4) is 0 Å². The largest absolute Gasteiger partial charge is 0.497 e. The maximum atomic E-state index is 12.5. The zero-order valence-electron chi connectivity index (χ0n) is 13.4. The first-order chi connectivity index (χ1) is 11.7. The molecular weight excluding hydrogens is 326 g/mol. The topological polar surface area (TPSA) is 77.2 Å². The van der Waals surface area contributed by atoms with E-state index >= 15 is 0 Å². The molecule has 0 unspecified atom stereocenters. The highest BCUT2D eigenvalue weighted by atomic mass is 32.2. The summed E-state index contributed by atoms with van der Waals surface area (Å²) in [6, 6.07) is 10.8. The lowest BCUT2D eigenvalue weighted by Gasteiger charge is -2.13. The van der Waals surface area contributed by atoms with Crippen molar-refractivity contribution < 1.29 is 13.9 Å². The summed E-state index contributed by atoms with van der Waals surface area (Å²) in [5.74, 6) is 0.649. The number of ether oxygens (including phenoxy) is 1. The lowest BCUT2D eigenvalue weighted by atomic mass is 10.2. The fraction of sp³-hybridized carbons (Fsp3) is 0.235. The number of aromatic nitrogens is 2. The van der Waals surface area contributed by atoms with Gasteiger partial charge in [-0.25, -0.2) is 4.98 Å². The maximum Gasteiger partial charge on any atom is 0.259 e. The molecule has 0 aliphatic rings. The number of hydrogen-bond acceptors (Lipinski definition) is 6. The number of pyridine rings is 1. The number of benzene rings is 1. The van der Waals surface area contributed by atoms with Gasteiger partial charge in [-0.1, -0.05) is 18.7 Å². The van der Waals surface area contributed by atoms with Crippen LogP contribution in [0.4, 0.5) is 5.69 Å². The Morgan fingerprint density at radius 3 is 2.79 bits per heavy atom. The average molecular weight is 343 g/mol. The molecule has 3 aromatic rings. The first kappa shape index (κ1) is 16.3. The van der Waals surface area contributed by atoms with E-state index in [1.54, 1.807) is 49.7 Å². The van der Waals surface area contributed by atoms with E-state index < -0.39 is 0 Å². The fourth-order valence-corrected chi connectivity index (χ4v) is 2.99. The number of rotatable bonds is 6. The van der Waals surface area contributed by atoms with Crippen LogP contribution in [-0.4, -0.2) is 28.2 Å². The Balaban J connectivity index is 1.69. The van der Waals surface area contributed by atoms with E-state index in [0.29, 0.717) is 22.9 Å². The molecule has 2 heterocycles. The molecule has 1 atom stereocenters. The number of fused-ring (bicyclic) bond motifs is 1. The molecular formula is C17H17N3O3S. The molecule has 2 aromatic heterocycles. The highest BCUT2D eigenvalue weighted by Crippen LogP contribution is 2.28. The van der Waals surface area contributed by atoms with E-state index in [9.17, 15) is 4.79 Å². The predicted octanol–water partition coefficient (Wildman–Crippen LogP) is 3.74. The molecule has 3 rings (SSSR count). The lowest BCUT2D eigenvalue weighted by Crippen LogP contribution is -2.24. The zero-order chi connectivity index (χ0) is 16.9. The first-order valence-electron chi connectivity index (χ1n) is 7.52. The molecule has 0 fully saturated rings. The van der Waals surface area contributed by atoms with Crippen LogP contribution in [0.5, 0.6) is 5.75 Å². The number of anilines is 1. The monoisotopic (exact) mass is 343 g/mol. The summed E-state index contributed by atoms with van der Waals surface area (Å²) in [5, 5.41) is 3.04. The summed E-state index contributed by atoms with van der Waals surface area (Å²) < 4.78 is 10.7. The molecule has 0 aliphatic heterocycles. The molecule has 24 heavy (non-hydrogen) atoms. The van der Waals surface area contributed by atoms with Gasteiger partial charge in [0.05, 0.1) is 12.4 Å². The van der Waals surface area contributed by atoms with Gasteiger partial charge in [-0.05, 0) is 42.8 Å². The van der Waals surface area contributed by atoms with E-state index in [1.165, 1.54) is 11.8 Å². The molecule has 1 N–H and O–H groups in total. The number of thioether (sulfide) groups is 1. The molecule has 0 bridgehead atoms. The normalized spacial score (nSPS) is 12.1. The molecule has 124 valence electrons. The van der Waals surface area contributed by atoms with E-state index in [1.807, 2.05) is 6.92 Å². The average Bonchev–Trinajstić information content (AvgIpc) is 3.02.